The van der Waals surface area contributed by atoms with Crippen LogP contribution in [-0.2, 0) is 14.4 Å². The van der Waals surface area contributed by atoms with Crippen molar-refractivity contribution in [3.63, 3.8) is 0 Å². The predicted molar refractivity (Wildman–Crippen MR) is 69.1 cm³/mol. The van der Waals surface area contributed by atoms with Crippen molar-refractivity contribution in [2.75, 3.05) is 27.4 Å². The number of methoxy groups -OCH3 is 2. The summed E-state index contributed by atoms with van der Waals surface area (Å²) in [7, 11) is 3.14. The molecular formula is C13H19NO5. The van der Waals surface area contributed by atoms with Crippen LogP contribution in [-0.4, -0.2) is 39.4 Å². The maximum atomic E-state index is 11.6. The maximum Gasteiger partial charge on any atom is 0.284 e. The van der Waals surface area contributed by atoms with Crippen LogP contribution in [0.1, 0.15) is 6.92 Å². The van der Waals surface area contributed by atoms with Crippen molar-refractivity contribution >= 4 is 5.91 Å². The normalized spacial score (nSPS) is 11.7. The minimum Gasteiger partial charge on any atom is -0.497 e. The minimum atomic E-state index is -0.657. The van der Waals surface area contributed by atoms with Gasteiger partial charge < -0.3 is 14.2 Å². The van der Waals surface area contributed by atoms with Crippen LogP contribution in [0.4, 0.5) is 0 Å². The molecule has 0 saturated heterocycles. The molecule has 19 heavy (non-hydrogen) atoms. The molecule has 0 aliphatic carbocycles. The van der Waals surface area contributed by atoms with E-state index in [9.17, 15) is 4.79 Å². The van der Waals surface area contributed by atoms with E-state index in [0.717, 1.165) is 5.75 Å². The predicted octanol–water partition coefficient (Wildman–Crippen LogP) is 1.16. The fourth-order valence-corrected chi connectivity index (χ4v) is 1.24. The molecule has 0 saturated carbocycles. The quantitative estimate of drug-likeness (QED) is 0.566. The van der Waals surface area contributed by atoms with E-state index in [1.165, 1.54) is 0 Å². The average Bonchev–Trinajstić information content (AvgIpc) is 2.44. The lowest BCUT2D eigenvalue weighted by atomic mass is 10.3. The van der Waals surface area contributed by atoms with E-state index >= 15 is 0 Å². The molecule has 6 nitrogen and oxygen atoms in total. The summed E-state index contributed by atoms with van der Waals surface area (Å²) >= 11 is 0. The fourth-order valence-electron chi connectivity index (χ4n) is 1.24. The van der Waals surface area contributed by atoms with Crippen LogP contribution in [0.5, 0.6) is 11.5 Å². The largest absolute Gasteiger partial charge is 0.497 e. The average molecular weight is 269 g/mol. The first-order valence-corrected chi connectivity index (χ1v) is 5.88. The molecule has 1 atom stereocenters. The Labute approximate surface area is 112 Å². The first-order valence-electron chi connectivity index (χ1n) is 5.88. The molecule has 0 fully saturated rings. The van der Waals surface area contributed by atoms with Crippen molar-refractivity contribution < 1.29 is 23.8 Å². The number of hydrogen-bond donors (Lipinski definition) is 1. The first-order chi connectivity index (χ1) is 9.17. The van der Waals surface area contributed by atoms with E-state index in [0.29, 0.717) is 12.4 Å². The van der Waals surface area contributed by atoms with Crippen LogP contribution >= 0.6 is 0 Å². The maximum absolute atomic E-state index is 11.6. The Balaban J connectivity index is 2.35. The fraction of sp³-hybridized carbons (Fsp3) is 0.462. The van der Waals surface area contributed by atoms with E-state index in [1.54, 1.807) is 45.4 Å². The SMILES string of the molecule is COCCONC(=O)C(C)Oc1ccc(OC)cc1. The number of nitrogens with one attached hydrogen (secondary N) is 1. The van der Waals surface area contributed by atoms with E-state index in [-0.39, 0.29) is 12.5 Å². The Kier molecular flexibility index (Phi) is 6.70. The highest BCUT2D eigenvalue weighted by Crippen LogP contribution is 2.18. The van der Waals surface area contributed by atoms with Gasteiger partial charge in [0.15, 0.2) is 6.10 Å². The summed E-state index contributed by atoms with van der Waals surface area (Å²) < 4.78 is 15.3. The van der Waals surface area contributed by atoms with E-state index in [1.807, 2.05) is 0 Å². The van der Waals surface area contributed by atoms with Crippen molar-refractivity contribution in [3.05, 3.63) is 24.3 Å². The zero-order valence-electron chi connectivity index (χ0n) is 11.3. The first kappa shape index (κ1) is 15.3. The molecule has 0 radical (unpaired) electrons. The van der Waals surface area contributed by atoms with Crippen LogP contribution in [0.15, 0.2) is 24.3 Å². The number of carbonyl (C=O) groups excluding carboxylic acids is 1. The number of hydrogen-bond acceptors (Lipinski definition) is 5. The van der Waals surface area contributed by atoms with Crippen molar-refractivity contribution in [1.29, 1.82) is 0 Å². The number of amides is 1. The molecule has 1 amide bonds. The Bertz CT molecular complexity index is 379. The molecule has 0 aliphatic heterocycles. The molecule has 1 aromatic rings. The van der Waals surface area contributed by atoms with E-state index < -0.39 is 6.10 Å². The van der Waals surface area contributed by atoms with Crippen molar-refractivity contribution in [2.24, 2.45) is 0 Å². The second-order valence-corrected chi connectivity index (χ2v) is 3.74. The molecule has 0 bridgehead atoms. The molecule has 0 aromatic heterocycles. The molecule has 106 valence electrons. The molecule has 1 unspecified atom stereocenters. The summed E-state index contributed by atoms with van der Waals surface area (Å²) in [5.41, 5.74) is 2.29. The lowest BCUT2D eigenvalue weighted by Crippen LogP contribution is -2.36. The summed E-state index contributed by atoms with van der Waals surface area (Å²) in [6.07, 6.45) is -0.657. The number of carbonyl (C=O) groups is 1. The zero-order valence-corrected chi connectivity index (χ0v) is 11.3. The lowest BCUT2D eigenvalue weighted by Gasteiger charge is -2.14. The monoisotopic (exact) mass is 269 g/mol. The highest BCUT2D eigenvalue weighted by Gasteiger charge is 2.14. The smallest absolute Gasteiger partial charge is 0.284 e. The Morgan fingerprint density at radius 1 is 1.16 bits per heavy atom. The lowest BCUT2D eigenvalue weighted by molar-refractivity contribution is -0.141. The van der Waals surface area contributed by atoms with Crippen LogP contribution in [0.3, 0.4) is 0 Å². The van der Waals surface area contributed by atoms with Gasteiger partial charge >= 0.3 is 0 Å². The summed E-state index contributed by atoms with van der Waals surface area (Å²) in [5.74, 6) is 0.958. The van der Waals surface area contributed by atoms with Gasteiger partial charge in [0, 0.05) is 7.11 Å². The molecule has 0 spiro atoms. The molecule has 1 N–H and O–H groups in total. The van der Waals surface area contributed by atoms with Gasteiger partial charge in [-0.2, -0.15) is 0 Å². The third-order valence-corrected chi connectivity index (χ3v) is 2.30. The zero-order chi connectivity index (χ0) is 14.1. The standard InChI is InChI=1S/C13H19NO5/c1-10(13(15)14-18-9-8-16-2)19-12-6-4-11(17-3)5-7-12/h4-7,10H,8-9H2,1-3H3,(H,14,15). The second kappa shape index (κ2) is 8.34. The molecule has 6 heteroatoms. The topological polar surface area (TPSA) is 66.0 Å². The van der Waals surface area contributed by atoms with Gasteiger partial charge in [0.2, 0.25) is 0 Å². The Morgan fingerprint density at radius 3 is 2.37 bits per heavy atom. The molecular weight excluding hydrogens is 250 g/mol. The van der Waals surface area contributed by atoms with Crippen LogP contribution in [0, 0.1) is 0 Å². The molecule has 1 rings (SSSR count). The minimum absolute atomic E-state index is 0.289. The van der Waals surface area contributed by atoms with Crippen LogP contribution in [0.2, 0.25) is 0 Å². The highest BCUT2D eigenvalue weighted by molar-refractivity contribution is 5.79. The van der Waals surface area contributed by atoms with Gasteiger partial charge in [-0.05, 0) is 31.2 Å². The molecule has 1 aromatic carbocycles. The number of benzene rings is 1. The summed E-state index contributed by atoms with van der Waals surface area (Å²) in [6, 6.07) is 6.98. The van der Waals surface area contributed by atoms with Crippen LogP contribution in [0.25, 0.3) is 0 Å². The number of ether oxygens (including phenoxy) is 3. The third-order valence-electron chi connectivity index (χ3n) is 2.30. The Morgan fingerprint density at radius 2 is 1.79 bits per heavy atom. The molecule has 0 aliphatic rings. The van der Waals surface area contributed by atoms with Gasteiger partial charge in [-0.25, -0.2) is 5.48 Å². The third kappa shape index (κ3) is 5.58. The Hall–Kier alpha value is -1.79. The highest BCUT2D eigenvalue weighted by atomic mass is 16.7. The number of rotatable bonds is 8. The summed E-state index contributed by atoms with van der Waals surface area (Å²) in [6.45, 7) is 2.34. The second-order valence-electron chi connectivity index (χ2n) is 3.74. The van der Waals surface area contributed by atoms with Gasteiger partial charge in [0.1, 0.15) is 11.5 Å². The van der Waals surface area contributed by atoms with E-state index in [4.69, 9.17) is 19.0 Å². The van der Waals surface area contributed by atoms with E-state index in [2.05, 4.69) is 5.48 Å². The van der Waals surface area contributed by atoms with Gasteiger partial charge in [0.25, 0.3) is 5.91 Å². The summed E-state index contributed by atoms with van der Waals surface area (Å²) in [5, 5.41) is 0. The van der Waals surface area contributed by atoms with Gasteiger partial charge in [-0.1, -0.05) is 0 Å². The van der Waals surface area contributed by atoms with Gasteiger partial charge in [-0.3, -0.25) is 9.63 Å². The summed E-state index contributed by atoms with van der Waals surface area (Å²) in [4.78, 5) is 16.5. The van der Waals surface area contributed by atoms with Crippen molar-refractivity contribution in [2.45, 2.75) is 13.0 Å². The van der Waals surface area contributed by atoms with Gasteiger partial charge in [-0.15, -0.1) is 0 Å². The number of hydroxylamine groups is 1. The van der Waals surface area contributed by atoms with Gasteiger partial charge in [0.05, 0.1) is 20.3 Å². The van der Waals surface area contributed by atoms with Crippen molar-refractivity contribution in [3.8, 4) is 11.5 Å². The van der Waals surface area contributed by atoms with Crippen LogP contribution < -0.4 is 15.0 Å². The molecule has 0 heterocycles. The van der Waals surface area contributed by atoms with Crippen molar-refractivity contribution in [1.82, 2.24) is 5.48 Å².